The molecule has 1 aromatic rings. The third kappa shape index (κ3) is 10.6. The number of rotatable bonds is 16. The average molecular weight is 382 g/mol. The van der Waals surface area contributed by atoms with Crippen molar-refractivity contribution in [3.05, 3.63) is 11.4 Å². The molecule has 0 saturated carbocycles. The van der Waals surface area contributed by atoms with Crippen molar-refractivity contribution in [3.8, 4) is 5.75 Å². The van der Waals surface area contributed by atoms with E-state index in [0.29, 0.717) is 12.1 Å². The largest absolute Gasteiger partial charge is 0.504 e. The summed E-state index contributed by atoms with van der Waals surface area (Å²) in [6.45, 7) is 1.49. The molecule has 0 aliphatic heterocycles. The minimum absolute atomic E-state index is 0.0212. The molecule has 1 unspecified atom stereocenters. The van der Waals surface area contributed by atoms with Crippen molar-refractivity contribution < 1.29 is 10.6 Å². The molecule has 27 heavy (non-hydrogen) atoms. The number of aryl methyl sites for hydroxylation is 2. The summed E-state index contributed by atoms with van der Waals surface area (Å²) in [5.74, 6) is -0.0784. The first-order valence-electron chi connectivity index (χ1n) is 13.0. The molecule has 156 valence electrons. The lowest BCUT2D eigenvalue weighted by Gasteiger charge is -2.14. The van der Waals surface area contributed by atoms with Crippen LogP contribution in [0.3, 0.4) is 0 Å². The molecule has 0 amide bonds. The van der Waals surface area contributed by atoms with Gasteiger partial charge in [-0.05, 0) is 19.7 Å². The molecular weight excluding hydrogens is 334 g/mol. The molecule has 0 saturated heterocycles. The summed E-state index contributed by atoms with van der Waals surface area (Å²) >= 11 is 0. The number of aromatic hydroxyl groups is 1. The maximum atomic E-state index is 10.3. The zero-order chi connectivity index (χ0) is 23.3. The quantitative estimate of drug-likeness (QED) is 0.328. The lowest BCUT2D eigenvalue weighted by molar-refractivity contribution is 0.452. The lowest BCUT2D eigenvalue weighted by Crippen LogP contribution is -2.14. The fraction of sp³-hybridized carbons (Fsp3) is 0.826. The van der Waals surface area contributed by atoms with Crippen LogP contribution in [0.15, 0.2) is 0 Å². The number of anilines is 1. The Balaban J connectivity index is 2.28. The number of hydrogen-bond donors (Lipinski definition) is 1. The smallest absolute Gasteiger partial charge is 0.225 e. The van der Waals surface area contributed by atoms with E-state index < -0.39 is 13.4 Å². The molecule has 0 aliphatic carbocycles. The van der Waals surface area contributed by atoms with Crippen molar-refractivity contribution in [2.24, 2.45) is 0 Å². The Kier molecular flexibility index (Phi) is 9.67. The van der Waals surface area contributed by atoms with E-state index in [0.717, 1.165) is 17.7 Å². The van der Waals surface area contributed by atoms with Crippen LogP contribution < -0.4 is 4.90 Å². The highest BCUT2D eigenvalue weighted by atomic mass is 16.3. The summed E-state index contributed by atoms with van der Waals surface area (Å²) in [5, 5.41) is 10.3. The molecule has 4 nitrogen and oxygen atoms in total. The molecule has 0 fully saturated rings. The van der Waals surface area contributed by atoms with E-state index in [-0.39, 0.29) is 17.4 Å². The van der Waals surface area contributed by atoms with Crippen molar-refractivity contribution in [2.75, 3.05) is 18.9 Å². The first-order valence-corrected chi connectivity index (χ1v) is 10.9. The van der Waals surface area contributed by atoms with Gasteiger partial charge in [0.1, 0.15) is 0 Å². The average Bonchev–Trinajstić information content (AvgIpc) is 2.71. The normalized spacial score (nSPS) is 14.9. The highest BCUT2D eigenvalue weighted by molar-refractivity contribution is 5.38. The highest BCUT2D eigenvalue weighted by Crippen LogP contribution is 2.23. The van der Waals surface area contributed by atoms with Gasteiger partial charge in [0.15, 0.2) is 5.75 Å². The molecule has 1 rings (SSSR count). The van der Waals surface area contributed by atoms with Crippen molar-refractivity contribution >= 4 is 5.95 Å². The van der Waals surface area contributed by atoms with Gasteiger partial charge in [-0.3, -0.25) is 0 Å². The van der Waals surface area contributed by atoms with E-state index in [1.165, 1.54) is 77.7 Å². The van der Waals surface area contributed by atoms with Gasteiger partial charge in [-0.15, -0.1) is 0 Å². The molecule has 1 atom stereocenters. The van der Waals surface area contributed by atoms with Crippen molar-refractivity contribution in [3.63, 3.8) is 0 Å². The first kappa shape index (κ1) is 17.8. The molecule has 0 spiro atoms. The van der Waals surface area contributed by atoms with Crippen molar-refractivity contribution in [1.29, 1.82) is 0 Å². The molecular formula is C23H43N3O. The molecule has 0 aromatic carbocycles. The molecule has 0 radical (unpaired) electrons. The second-order valence-electron chi connectivity index (χ2n) is 7.64. The summed E-state index contributed by atoms with van der Waals surface area (Å²) < 4.78 is 30.9. The molecule has 1 aromatic heterocycles. The zero-order valence-electron chi connectivity index (χ0n) is 21.8. The summed E-state index contributed by atoms with van der Waals surface area (Å²) in [4.78, 5) is 9.27. The lowest BCUT2D eigenvalue weighted by atomic mass is 10.0. The highest BCUT2D eigenvalue weighted by Gasteiger charge is 2.11. The second-order valence-corrected chi connectivity index (χ2v) is 7.64. The summed E-state index contributed by atoms with van der Waals surface area (Å²) in [6.07, 6.45) is 16.5. The predicted octanol–water partition coefficient (Wildman–Crippen LogP) is 6.58. The Bertz CT molecular complexity index is 626. The maximum absolute atomic E-state index is 10.3. The van der Waals surface area contributed by atoms with Gasteiger partial charge in [-0.1, -0.05) is 90.4 Å². The monoisotopic (exact) mass is 381 g/mol. The molecule has 0 aliphatic rings. The topological polar surface area (TPSA) is 49.2 Å². The Morgan fingerprint density at radius 3 is 1.81 bits per heavy atom. The maximum Gasteiger partial charge on any atom is 0.225 e. The van der Waals surface area contributed by atoms with E-state index in [2.05, 4.69) is 16.9 Å². The Morgan fingerprint density at radius 1 is 0.852 bits per heavy atom. The van der Waals surface area contributed by atoms with Crippen molar-refractivity contribution in [1.82, 2.24) is 9.97 Å². The fourth-order valence-electron chi connectivity index (χ4n) is 3.27. The van der Waals surface area contributed by atoms with Gasteiger partial charge in [0.2, 0.25) is 5.95 Å². The Hall–Kier alpha value is -1.32. The molecule has 1 heterocycles. The minimum Gasteiger partial charge on any atom is -0.504 e. The van der Waals surface area contributed by atoms with Crippen LogP contribution in [0.2, 0.25) is 0 Å². The Labute approximate surface area is 173 Å². The van der Waals surface area contributed by atoms with Gasteiger partial charge in [0.05, 0.1) is 11.4 Å². The van der Waals surface area contributed by atoms with Gasteiger partial charge in [0.25, 0.3) is 0 Å². The minimum atomic E-state index is -2.37. The molecule has 0 bridgehead atoms. The number of unbranched alkanes of at least 4 members (excludes halogenated alkanes) is 12. The van der Waals surface area contributed by atoms with Gasteiger partial charge in [-0.25, -0.2) is 9.97 Å². The zero-order valence-corrected chi connectivity index (χ0v) is 17.8. The van der Waals surface area contributed by atoms with E-state index in [1.807, 2.05) is 0 Å². The Morgan fingerprint density at radius 2 is 1.33 bits per heavy atom. The van der Waals surface area contributed by atoms with Crippen LogP contribution in [-0.2, 0) is 6.40 Å². The van der Waals surface area contributed by atoms with Crippen molar-refractivity contribution in [2.45, 2.75) is 110 Å². The van der Waals surface area contributed by atoms with Gasteiger partial charge in [0, 0.05) is 19.5 Å². The van der Waals surface area contributed by atoms with E-state index >= 15 is 0 Å². The number of aromatic nitrogens is 2. The fourth-order valence-corrected chi connectivity index (χ4v) is 3.27. The third-order valence-corrected chi connectivity index (χ3v) is 5.02. The van der Waals surface area contributed by atoms with Crippen LogP contribution in [0.25, 0.3) is 0 Å². The van der Waals surface area contributed by atoms with Crippen LogP contribution in [0.5, 0.6) is 5.75 Å². The first-order chi connectivity index (χ1) is 14.7. The number of nitrogens with zero attached hydrogens (tertiary/aromatic N) is 3. The second kappa shape index (κ2) is 14.7. The van der Waals surface area contributed by atoms with E-state index in [4.69, 9.17) is 5.48 Å². The van der Waals surface area contributed by atoms with Crippen LogP contribution in [0.4, 0.5) is 5.95 Å². The van der Waals surface area contributed by atoms with Crippen LogP contribution in [0, 0.1) is 6.92 Å². The van der Waals surface area contributed by atoms with Crippen LogP contribution in [-0.4, -0.2) is 29.1 Å². The standard InChI is InChI=1S/C23H43N3O/c1-5-6-7-8-9-10-11-12-13-14-15-16-17-18-19-21-22(27)20(2)24-23(25-21)26(3)4/h27H,5-19H2,1-4H3/i3D3,19D. The number of hydrogen-bond acceptors (Lipinski definition) is 4. The molecule has 4 heteroatoms. The summed E-state index contributed by atoms with van der Waals surface area (Å²) in [7, 11) is 1.40. The van der Waals surface area contributed by atoms with Crippen LogP contribution >= 0.6 is 0 Å². The third-order valence-electron chi connectivity index (χ3n) is 5.02. The van der Waals surface area contributed by atoms with Crippen LogP contribution in [0.1, 0.15) is 114 Å². The SMILES string of the molecule is [2H]C(CCCCCCCCCCCCCCC)c1nc(N(C)C([2H])([2H])[2H])nc(C)c1O. The predicted molar refractivity (Wildman–Crippen MR) is 117 cm³/mol. The van der Waals surface area contributed by atoms with Gasteiger partial charge in [-0.2, -0.15) is 0 Å². The van der Waals surface area contributed by atoms with Gasteiger partial charge < -0.3 is 10.0 Å². The summed E-state index contributed by atoms with van der Waals surface area (Å²) in [5.41, 5.74) is 0.524. The summed E-state index contributed by atoms with van der Waals surface area (Å²) in [6, 6.07) is 0. The van der Waals surface area contributed by atoms with E-state index in [1.54, 1.807) is 6.92 Å². The van der Waals surface area contributed by atoms with E-state index in [9.17, 15) is 5.11 Å². The van der Waals surface area contributed by atoms with Gasteiger partial charge >= 0.3 is 0 Å². The molecule has 1 N–H and O–H groups in total.